The molecular weight excluding hydrogens is 260 g/mol. The van der Waals surface area contributed by atoms with Crippen LogP contribution in [0.1, 0.15) is 56.0 Å². The van der Waals surface area contributed by atoms with Crippen LogP contribution in [0.2, 0.25) is 0 Å². The smallest absolute Gasteiger partial charge is 0.145 e. The summed E-state index contributed by atoms with van der Waals surface area (Å²) in [7, 11) is 0. The van der Waals surface area contributed by atoms with Crippen LogP contribution in [0.25, 0.3) is 0 Å². The Morgan fingerprint density at radius 3 is 2.38 bits per heavy atom. The van der Waals surface area contributed by atoms with Crippen molar-refractivity contribution in [2.75, 3.05) is 0 Å². The van der Waals surface area contributed by atoms with Crippen LogP contribution in [-0.4, -0.2) is 4.98 Å². The lowest BCUT2D eigenvalue weighted by Crippen LogP contribution is -2.10. The second kappa shape index (κ2) is 6.72. The van der Waals surface area contributed by atoms with Gasteiger partial charge in [0, 0.05) is 6.04 Å². The topological polar surface area (TPSA) is 48.1 Å². The highest BCUT2D eigenvalue weighted by Crippen LogP contribution is 2.27. The Morgan fingerprint density at radius 1 is 1.14 bits per heavy atom. The van der Waals surface area contributed by atoms with Gasteiger partial charge in [-0.1, -0.05) is 26.8 Å². The molecule has 2 rings (SSSR count). The molecule has 0 saturated carbocycles. The molecule has 1 aromatic heterocycles. The summed E-state index contributed by atoms with van der Waals surface area (Å²) in [5.74, 6) is 2.10. The minimum Gasteiger partial charge on any atom is -0.456 e. The lowest BCUT2D eigenvalue weighted by atomic mass is 9.98. The molecule has 0 radical (unpaired) electrons. The highest BCUT2D eigenvalue weighted by molar-refractivity contribution is 5.38. The van der Waals surface area contributed by atoms with Crippen LogP contribution in [0.15, 0.2) is 36.5 Å². The van der Waals surface area contributed by atoms with E-state index in [1.807, 2.05) is 18.2 Å². The number of benzene rings is 1. The molecule has 3 nitrogen and oxygen atoms in total. The third kappa shape index (κ3) is 3.82. The second-order valence-electron chi connectivity index (χ2n) is 5.71. The molecule has 2 aromatic rings. The summed E-state index contributed by atoms with van der Waals surface area (Å²) in [5, 5.41) is 0. The van der Waals surface area contributed by atoms with Crippen LogP contribution in [0.3, 0.4) is 0 Å². The summed E-state index contributed by atoms with van der Waals surface area (Å²) in [6.07, 6.45) is 2.61. The fourth-order valence-corrected chi connectivity index (χ4v) is 2.38. The highest BCUT2D eigenvalue weighted by Gasteiger charge is 2.07. The molecule has 0 fully saturated rings. The fraction of sp³-hybridized carbons (Fsp3) is 0.389. The maximum Gasteiger partial charge on any atom is 0.145 e. The number of nitrogens with two attached hydrogens (primary N) is 1. The third-order valence-electron chi connectivity index (χ3n) is 3.68. The van der Waals surface area contributed by atoms with Crippen molar-refractivity contribution in [2.45, 2.75) is 46.1 Å². The van der Waals surface area contributed by atoms with Crippen molar-refractivity contribution in [3.8, 4) is 11.5 Å². The molecule has 0 aliphatic rings. The van der Waals surface area contributed by atoms with E-state index in [0.29, 0.717) is 5.92 Å². The predicted octanol–water partition coefficient (Wildman–Crippen LogP) is 4.72. The number of rotatable bonds is 5. The molecule has 1 aromatic carbocycles. The van der Waals surface area contributed by atoms with Crippen molar-refractivity contribution in [3.63, 3.8) is 0 Å². The molecule has 2 N–H and O–H groups in total. The van der Waals surface area contributed by atoms with Gasteiger partial charge in [0.25, 0.3) is 0 Å². The zero-order chi connectivity index (χ0) is 15.4. The molecule has 1 heterocycles. The van der Waals surface area contributed by atoms with E-state index >= 15 is 0 Å². The summed E-state index contributed by atoms with van der Waals surface area (Å²) in [6, 6.07) is 10.0. The average Bonchev–Trinajstić information content (AvgIpc) is 2.47. The third-order valence-corrected chi connectivity index (χ3v) is 3.68. The minimum atomic E-state index is -0.00776. The van der Waals surface area contributed by atoms with Crippen molar-refractivity contribution >= 4 is 0 Å². The van der Waals surface area contributed by atoms with E-state index in [2.05, 4.69) is 44.8 Å². The molecule has 0 amide bonds. The van der Waals surface area contributed by atoms with Gasteiger partial charge in [0.15, 0.2) is 0 Å². The SMILES string of the molecule is CCC(N)c1ccc(Oc2ccc(C(C)C)c(C)c2)cn1. The molecule has 21 heavy (non-hydrogen) atoms. The first-order valence-electron chi connectivity index (χ1n) is 7.51. The van der Waals surface area contributed by atoms with E-state index in [1.54, 1.807) is 6.20 Å². The van der Waals surface area contributed by atoms with Crippen molar-refractivity contribution in [1.29, 1.82) is 0 Å². The van der Waals surface area contributed by atoms with Crippen LogP contribution in [0.5, 0.6) is 11.5 Å². The van der Waals surface area contributed by atoms with Gasteiger partial charge in [0.1, 0.15) is 11.5 Å². The van der Waals surface area contributed by atoms with Crippen LogP contribution in [-0.2, 0) is 0 Å². The zero-order valence-corrected chi connectivity index (χ0v) is 13.3. The van der Waals surface area contributed by atoms with Gasteiger partial charge in [-0.2, -0.15) is 0 Å². The van der Waals surface area contributed by atoms with Crippen molar-refractivity contribution in [2.24, 2.45) is 5.73 Å². The standard InChI is InChI=1S/C18H24N2O/c1-5-17(19)18-9-7-15(11-20-18)21-14-6-8-16(12(2)3)13(4)10-14/h6-12,17H,5,19H2,1-4H3. The van der Waals surface area contributed by atoms with Gasteiger partial charge in [-0.3, -0.25) is 4.98 Å². The molecule has 0 aliphatic carbocycles. The normalized spacial score (nSPS) is 12.5. The van der Waals surface area contributed by atoms with E-state index in [0.717, 1.165) is 23.6 Å². The number of aryl methyl sites for hydroxylation is 1. The maximum atomic E-state index is 5.96. The van der Waals surface area contributed by atoms with Gasteiger partial charge in [0.2, 0.25) is 0 Å². The lowest BCUT2D eigenvalue weighted by Gasteiger charge is -2.13. The second-order valence-corrected chi connectivity index (χ2v) is 5.71. The van der Waals surface area contributed by atoms with E-state index in [-0.39, 0.29) is 6.04 Å². The first-order valence-corrected chi connectivity index (χ1v) is 7.51. The van der Waals surface area contributed by atoms with Gasteiger partial charge in [-0.05, 0) is 54.7 Å². The molecule has 112 valence electrons. The van der Waals surface area contributed by atoms with Crippen LogP contribution < -0.4 is 10.5 Å². The Hall–Kier alpha value is -1.87. The lowest BCUT2D eigenvalue weighted by molar-refractivity contribution is 0.478. The first kappa shape index (κ1) is 15.5. The zero-order valence-electron chi connectivity index (χ0n) is 13.3. The Bertz CT molecular complexity index is 591. The summed E-state index contributed by atoms with van der Waals surface area (Å²) >= 11 is 0. The van der Waals surface area contributed by atoms with Gasteiger partial charge >= 0.3 is 0 Å². The van der Waals surface area contributed by atoms with Gasteiger partial charge < -0.3 is 10.5 Å². The minimum absolute atomic E-state index is 0.00776. The van der Waals surface area contributed by atoms with Gasteiger partial charge in [-0.15, -0.1) is 0 Å². The number of ether oxygens (including phenoxy) is 1. The van der Waals surface area contributed by atoms with E-state index in [1.165, 1.54) is 11.1 Å². The summed E-state index contributed by atoms with van der Waals surface area (Å²) in [5.41, 5.74) is 9.46. The number of hydrogen-bond donors (Lipinski definition) is 1. The van der Waals surface area contributed by atoms with Crippen molar-refractivity contribution in [1.82, 2.24) is 4.98 Å². The Morgan fingerprint density at radius 2 is 1.86 bits per heavy atom. The molecule has 0 saturated heterocycles. The summed E-state index contributed by atoms with van der Waals surface area (Å²) in [6.45, 7) is 8.56. The number of nitrogens with zero attached hydrogens (tertiary/aromatic N) is 1. The van der Waals surface area contributed by atoms with Crippen LogP contribution in [0, 0.1) is 6.92 Å². The van der Waals surface area contributed by atoms with Gasteiger partial charge in [-0.25, -0.2) is 0 Å². The summed E-state index contributed by atoms with van der Waals surface area (Å²) < 4.78 is 5.86. The van der Waals surface area contributed by atoms with E-state index in [4.69, 9.17) is 10.5 Å². The van der Waals surface area contributed by atoms with Crippen molar-refractivity contribution < 1.29 is 4.74 Å². The van der Waals surface area contributed by atoms with Crippen molar-refractivity contribution in [3.05, 3.63) is 53.3 Å². The van der Waals surface area contributed by atoms with E-state index < -0.39 is 0 Å². The summed E-state index contributed by atoms with van der Waals surface area (Å²) in [4.78, 5) is 4.36. The first-order chi connectivity index (χ1) is 10.0. The quantitative estimate of drug-likeness (QED) is 0.864. The Balaban J connectivity index is 2.13. The molecular formula is C18H24N2O. The number of hydrogen-bond acceptors (Lipinski definition) is 3. The maximum absolute atomic E-state index is 5.96. The largest absolute Gasteiger partial charge is 0.456 e. The predicted molar refractivity (Wildman–Crippen MR) is 86.8 cm³/mol. The number of pyridine rings is 1. The molecule has 0 aliphatic heterocycles. The van der Waals surface area contributed by atoms with Crippen LogP contribution in [0.4, 0.5) is 0 Å². The molecule has 1 unspecified atom stereocenters. The average molecular weight is 284 g/mol. The number of aromatic nitrogens is 1. The molecule has 1 atom stereocenters. The monoisotopic (exact) mass is 284 g/mol. The Kier molecular flexibility index (Phi) is 4.97. The highest BCUT2D eigenvalue weighted by atomic mass is 16.5. The van der Waals surface area contributed by atoms with Crippen LogP contribution >= 0.6 is 0 Å². The van der Waals surface area contributed by atoms with E-state index in [9.17, 15) is 0 Å². The molecule has 0 bridgehead atoms. The molecule has 0 spiro atoms. The molecule has 3 heteroatoms. The Labute approximate surface area is 127 Å². The van der Waals surface area contributed by atoms with Gasteiger partial charge in [0.05, 0.1) is 11.9 Å². The fourth-order valence-electron chi connectivity index (χ4n) is 2.38.